The van der Waals surface area contributed by atoms with Gasteiger partial charge in [0.2, 0.25) is 0 Å². The fourth-order valence-electron chi connectivity index (χ4n) is 7.42. The van der Waals surface area contributed by atoms with Crippen LogP contribution in [0, 0.1) is 0 Å². The van der Waals surface area contributed by atoms with E-state index >= 15 is 0 Å². The monoisotopic (exact) mass is 676 g/mol. The van der Waals surface area contributed by atoms with Crippen LogP contribution < -0.4 is 0 Å². The average molecular weight is 677 g/mol. The van der Waals surface area contributed by atoms with Gasteiger partial charge in [-0.15, -0.1) is 0 Å². The molecule has 0 atom stereocenters. The first-order valence-corrected chi connectivity index (χ1v) is 17.9. The topological polar surface area (TPSA) is 38.9 Å². The standard InChI is InChI=1S/C50H32N2O/c1-3-13-33(14-4-1)36-19-11-20-38(27-36)46-32-47(52-50(51-46)44-23-12-18-35-17-7-8-21-42(35)44)41-29-39(34-15-5-2-6-16-34)28-40(30-41)37-25-26-49-45(31-37)43-22-9-10-24-48(43)53-49/h1-32H. The van der Waals surface area contributed by atoms with Gasteiger partial charge in [0, 0.05) is 27.5 Å². The van der Waals surface area contributed by atoms with E-state index in [-0.39, 0.29) is 0 Å². The summed E-state index contributed by atoms with van der Waals surface area (Å²) in [6.07, 6.45) is 0. The number of hydrogen-bond donors (Lipinski definition) is 0. The van der Waals surface area contributed by atoms with Crippen molar-refractivity contribution in [3.8, 4) is 67.3 Å². The largest absolute Gasteiger partial charge is 0.456 e. The maximum atomic E-state index is 6.19. The molecule has 0 saturated carbocycles. The lowest BCUT2D eigenvalue weighted by molar-refractivity contribution is 0.669. The summed E-state index contributed by atoms with van der Waals surface area (Å²) in [6, 6.07) is 68.1. The summed E-state index contributed by atoms with van der Waals surface area (Å²) in [5.41, 5.74) is 13.3. The minimum absolute atomic E-state index is 0.692. The van der Waals surface area contributed by atoms with Gasteiger partial charge in [0.1, 0.15) is 11.2 Å². The lowest BCUT2D eigenvalue weighted by Gasteiger charge is -2.14. The van der Waals surface area contributed by atoms with Crippen molar-refractivity contribution >= 4 is 32.7 Å². The number of hydrogen-bond acceptors (Lipinski definition) is 3. The number of benzene rings is 8. The molecular formula is C50H32N2O. The third kappa shape index (κ3) is 5.75. The van der Waals surface area contributed by atoms with Crippen LogP contribution >= 0.6 is 0 Å². The second-order valence-corrected chi connectivity index (χ2v) is 13.4. The first kappa shape index (κ1) is 30.7. The molecule has 248 valence electrons. The molecule has 0 saturated heterocycles. The molecule has 0 spiro atoms. The third-order valence-electron chi connectivity index (χ3n) is 10.1. The van der Waals surface area contributed by atoms with Crippen LogP contribution in [0.5, 0.6) is 0 Å². The molecule has 0 aliphatic carbocycles. The van der Waals surface area contributed by atoms with Gasteiger partial charge in [-0.05, 0) is 92.7 Å². The molecule has 3 heteroatoms. The Morgan fingerprint density at radius 2 is 0.830 bits per heavy atom. The zero-order valence-corrected chi connectivity index (χ0v) is 28.8. The van der Waals surface area contributed by atoms with E-state index in [1.807, 2.05) is 18.2 Å². The molecule has 8 aromatic carbocycles. The number of furan rings is 1. The van der Waals surface area contributed by atoms with Crippen LogP contribution in [0.1, 0.15) is 0 Å². The van der Waals surface area contributed by atoms with Crippen molar-refractivity contribution in [2.45, 2.75) is 0 Å². The van der Waals surface area contributed by atoms with Gasteiger partial charge in [-0.3, -0.25) is 0 Å². The summed E-state index contributed by atoms with van der Waals surface area (Å²) >= 11 is 0. The first-order valence-electron chi connectivity index (χ1n) is 17.9. The number of para-hydroxylation sites is 1. The van der Waals surface area contributed by atoms with Gasteiger partial charge in [-0.2, -0.15) is 0 Å². The number of fused-ring (bicyclic) bond motifs is 4. The van der Waals surface area contributed by atoms with Crippen LogP contribution in [0.4, 0.5) is 0 Å². The Morgan fingerprint density at radius 1 is 0.302 bits per heavy atom. The summed E-state index contributed by atoms with van der Waals surface area (Å²) in [5.74, 6) is 0.692. The van der Waals surface area contributed by atoms with E-state index in [0.29, 0.717) is 5.82 Å². The molecule has 0 N–H and O–H groups in total. The molecule has 2 aromatic heterocycles. The summed E-state index contributed by atoms with van der Waals surface area (Å²) in [7, 11) is 0. The Bertz CT molecular complexity index is 2940. The van der Waals surface area contributed by atoms with Crippen LogP contribution in [0.25, 0.3) is 100.0 Å². The lowest BCUT2D eigenvalue weighted by Crippen LogP contribution is -1.97. The van der Waals surface area contributed by atoms with Gasteiger partial charge in [0.15, 0.2) is 5.82 Å². The van der Waals surface area contributed by atoms with E-state index in [1.54, 1.807) is 0 Å². The van der Waals surface area contributed by atoms with Crippen molar-refractivity contribution in [2.75, 3.05) is 0 Å². The second-order valence-electron chi connectivity index (χ2n) is 13.4. The Balaban J connectivity index is 1.20. The highest BCUT2D eigenvalue weighted by atomic mass is 16.3. The second kappa shape index (κ2) is 12.9. The van der Waals surface area contributed by atoms with E-state index < -0.39 is 0 Å². The zero-order chi connectivity index (χ0) is 35.1. The molecular weight excluding hydrogens is 645 g/mol. The van der Waals surface area contributed by atoms with Crippen LogP contribution in [0.3, 0.4) is 0 Å². The molecule has 0 radical (unpaired) electrons. The van der Waals surface area contributed by atoms with Crippen molar-refractivity contribution in [1.82, 2.24) is 9.97 Å². The number of rotatable bonds is 6. The molecule has 0 aliphatic heterocycles. The van der Waals surface area contributed by atoms with E-state index in [4.69, 9.17) is 14.4 Å². The van der Waals surface area contributed by atoms with E-state index in [0.717, 1.165) is 88.6 Å². The van der Waals surface area contributed by atoms with Crippen LogP contribution in [-0.4, -0.2) is 9.97 Å². The first-order chi connectivity index (χ1) is 26.2. The maximum Gasteiger partial charge on any atom is 0.161 e. The Morgan fingerprint density at radius 3 is 1.64 bits per heavy atom. The molecule has 0 aliphatic rings. The molecule has 0 bridgehead atoms. The summed E-state index contributed by atoms with van der Waals surface area (Å²) in [6.45, 7) is 0. The van der Waals surface area contributed by atoms with Gasteiger partial charge < -0.3 is 4.42 Å². The van der Waals surface area contributed by atoms with Crippen molar-refractivity contribution in [2.24, 2.45) is 0 Å². The molecule has 0 fully saturated rings. The Kier molecular flexibility index (Phi) is 7.47. The minimum Gasteiger partial charge on any atom is -0.456 e. The van der Waals surface area contributed by atoms with Gasteiger partial charge >= 0.3 is 0 Å². The predicted octanol–water partition coefficient (Wildman–Crippen LogP) is 13.5. The Hall–Kier alpha value is -7.10. The fourth-order valence-corrected chi connectivity index (χ4v) is 7.42. The highest BCUT2D eigenvalue weighted by molar-refractivity contribution is 6.06. The molecule has 0 amide bonds. The van der Waals surface area contributed by atoms with Crippen LogP contribution in [-0.2, 0) is 0 Å². The average Bonchev–Trinajstić information content (AvgIpc) is 3.62. The number of aromatic nitrogens is 2. The zero-order valence-electron chi connectivity index (χ0n) is 28.8. The molecule has 2 heterocycles. The molecule has 3 nitrogen and oxygen atoms in total. The predicted molar refractivity (Wildman–Crippen MR) is 219 cm³/mol. The van der Waals surface area contributed by atoms with Gasteiger partial charge in [0.25, 0.3) is 0 Å². The van der Waals surface area contributed by atoms with Gasteiger partial charge in [-0.1, -0.05) is 146 Å². The number of nitrogens with zero attached hydrogens (tertiary/aromatic N) is 2. The smallest absolute Gasteiger partial charge is 0.161 e. The van der Waals surface area contributed by atoms with E-state index in [1.165, 1.54) is 5.56 Å². The van der Waals surface area contributed by atoms with Crippen molar-refractivity contribution in [1.29, 1.82) is 0 Å². The van der Waals surface area contributed by atoms with E-state index in [2.05, 4.69) is 176 Å². The van der Waals surface area contributed by atoms with Crippen LogP contribution in [0.2, 0.25) is 0 Å². The van der Waals surface area contributed by atoms with Crippen molar-refractivity contribution < 1.29 is 4.42 Å². The maximum absolute atomic E-state index is 6.19. The van der Waals surface area contributed by atoms with Crippen molar-refractivity contribution in [3.63, 3.8) is 0 Å². The Labute approximate surface area is 307 Å². The highest BCUT2D eigenvalue weighted by Crippen LogP contribution is 2.38. The minimum atomic E-state index is 0.692. The SMILES string of the molecule is c1ccc(-c2cccc(-c3cc(-c4cc(-c5ccccc5)cc(-c5ccc6oc7ccccc7c6c5)c4)nc(-c4cccc5ccccc45)n3)c2)cc1. The van der Waals surface area contributed by atoms with Gasteiger partial charge in [0.05, 0.1) is 11.4 Å². The summed E-state index contributed by atoms with van der Waals surface area (Å²) < 4.78 is 6.19. The normalized spacial score (nSPS) is 11.4. The molecule has 0 unspecified atom stereocenters. The quantitative estimate of drug-likeness (QED) is 0.176. The van der Waals surface area contributed by atoms with Crippen molar-refractivity contribution in [3.05, 3.63) is 194 Å². The third-order valence-corrected chi connectivity index (χ3v) is 10.1. The van der Waals surface area contributed by atoms with E-state index in [9.17, 15) is 0 Å². The van der Waals surface area contributed by atoms with Gasteiger partial charge in [-0.25, -0.2) is 9.97 Å². The molecule has 10 aromatic rings. The molecule has 10 rings (SSSR count). The highest BCUT2D eigenvalue weighted by Gasteiger charge is 2.16. The summed E-state index contributed by atoms with van der Waals surface area (Å²) in [5, 5.41) is 4.49. The lowest BCUT2D eigenvalue weighted by atomic mass is 9.93. The molecule has 53 heavy (non-hydrogen) atoms. The van der Waals surface area contributed by atoms with Crippen LogP contribution in [0.15, 0.2) is 199 Å². The fraction of sp³-hybridized carbons (Fsp3) is 0. The summed E-state index contributed by atoms with van der Waals surface area (Å²) in [4.78, 5) is 10.6.